The molecule has 7 heteroatoms. The van der Waals surface area contributed by atoms with Crippen LogP contribution in [0.2, 0.25) is 0 Å². The van der Waals surface area contributed by atoms with E-state index in [1.807, 2.05) is 6.92 Å². The van der Waals surface area contributed by atoms with Crippen molar-refractivity contribution in [1.82, 2.24) is 10.6 Å². The van der Waals surface area contributed by atoms with Gasteiger partial charge in [-0.25, -0.2) is 0 Å². The van der Waals surface area contributed by atoms with Gasteiger partial charge in [0.05, 0.1) is 11.3 Å². The number of amides is 2. The van der Waals surface area contributed by atoms with E-state index in [1.165, 1.54) is 24.2 Å². The second-order valence-corrected chi connectivity index (χ2v) is 5.83. The maximum absolute atomic E-state index is 12.0. The molecule has 1 heterocycles. The minimum absolute atomic E-state index is 0.236. The zero-order chi connectivity index (χ0) is 14.7. The normalized spacial score (nSPS) is 13.9. The molecule has 1 fully saturated rings. The van der Waals surface area contributed by atoms with Gasteiger partial charge in [0.2, 0.25) is 0 Å². The summed E-state index contributed by atoms with van der Waals surface area (Å²) in [5.41, 5.74) is 6.61. The fourth-order valence-corrected chi connectivity index (χ4v) is 2.93. The molecule has 20 heavy (non-hydrogen) atoms. The maximum Gasteiger partial charge on any atom is 0.263 e. The van der Waals surface area contributed by atoms with Crippen LogP contribution in [0.4, 0.5) is 10.7 Å². The van der Waals surface area contributed by atoms with Gasteiger partial charge in [0.25, 0.3) is 11.8 Å². The third kappa shape index (κ3) is 3.04. The van der Waals surface area contributed by atoms with Crippen LogP contribution >= 0.6 is 11.3 Å². The summed E-state index contributed by atoms with van der Waals surface area (Å²) >= 11 is 1.24. The van der Waals surface area contributed by atoms with E-state index in [-0.39, 0.29) is 17.5 Å². The van der Waals surface area contributed by atoms with Gasteiger partial charge in [-0.15, -0.1) is 11.3 Å². The van der Waals surface area contributed by atoms with Crippen LogP contribution in [0.15, 0.2) is 0 Å². The Morgan fingerprint density at radius 2 is 2.05 bits per heavy atom. The van der Waals surface area contributed by atoms with Crippen LogP contribution in [0.25, 0.3) is 0 Å². The van der Waals surface area contributed by atoms with Crippen LogP contribution in [-0.4, -0.2) is 32.0 Å². The van der Waals surface area contributed by atoms with Gasteiger partial charge in [0.1, 0.15) is 9.88 Å². The predicted octanol–water partition coefficient (Wildman–Crippen LogP) is 1.26. The fraction of sp³-hybridized carbons (Fsp3) is 0.538. The molecule has 1 aromatic heterocycles. The van der Waals surface area contributed by atoms with Gasteiger partial charge < -0.3 is 21.7 Å². The third-order valence-electron chi connectivity index (χ3n) is 3.19. The average Bonchev–Trinajstić information content (AvgIpc) is 3.19. The number of nitrogen functional groups attached to an aromatic ring is 1. The number of carbonyl (C=O) groups is 2. The highest BCUT2D eigenvalue weighted by Gasteiger charge is 2.27. The molecule has 1 aromatic rings. The highest BCUT2D eigenvalue weighted by atomic mass is 32.1. The molecule has 2 rings (SSSR count). The largest absolute Gasteiger partial charge is 0.397 e. The molecule has 0 spiro atoms. The lowest BCUT2D eigenvalue weighted by Crippen LogP contribution is -2.23. The Balaban J connectivity index is 2.28. The van der Waals surface area contributed by atoms with Gasteiger partial charge in [-0.1, -0.05) is 0 Å². The van der Waals surface area contributed by atoms with Crippen molar-refractivity contribution in [2.24, 2.45) is 5.92 Å². The molecule has 0 aromatic carbocycles. The monoisotopic (exact) mass is 296 g/mol. The van der Waals surface area contributed by atoms with Crippen LogP contribution in [0.5, 0.6) is 0 Å². The summed E-state index contributed by atoms with van der Waals surface area (Å²) in [7, 11) is 1.55. The van der Waals surface area contributed by atoms with Gasteiger partial charge in [-0.05, 0) is 25.7 Å². The SMILES string of the molecule is CCNC(=O)c1sc(NCC2CC2)c(C(=O)NC)c1N. The lowest BCUT2D eigenvalue weighted by atomic mass is 10.2. The lowest BCUT2D eigenvalue weighted by Gasteiger charge is -2.06. The van der Waals surface area contributed by atoms with Gasteiger partial charge in [-0.2, -0.15) is 0 Å². The Morgan fingerprint density at radius 1 is 1.35 bits per heavy atom. The first kappa shape index (κ1) is 14.6. The molecule has 1 aliphatic carbocycles. The van der Waals surface area contributed by atoms with Gasteiger partial charge in [-0.3, -0.25) is 9.59 Å². The van der Waals surface area contributed by atoms with Crippen LogP contribution in [0.3, 0.4) is 0 Å². The van der Waals surface area contributed by atoms with Crippen molar-refractivity contribution in [2.45, 2.75) is 19.8 Å². The Labute approximate surface area is 122 Å². The van der Waals surface area contributed by atoms with Crippen molar-refractivity contribution in [3.8, 4) is 0 Å². The van der Waals surface area contributed by atoms with E-state index >= 15 is 0 Å². The Hall–Kier alpha value is -1.76. The number of hydrogen-bond donors (Lipinski definition) is 4. The van der Waals surface area contributed by atoms with E-state index < -0.39 is 0 Å². The molecular formula is C13H20N4O2S. The molecule has 110 valence electrons. The fourth-order valence-electron chi connectivity index (χ4n) is 1.89. The molecule has 0 radical (unpaired) electrons. The van der Waals surface area contributed by atoms with Crippen LogP contribution in [-0.2, 0) is 0 Å². The topological polar surface area (TPSA) is 96.2 Å². The molecule has 1 saturated carbocycles. The summed E-state index contributed by atoms with van der Waals surface area (Å²) in [4.78, 5) is 24.3. The molecule has 5 N–H and O–H groups in total. The molecular weight excluding hydrogens is 276 g/mol. The summed E-state index contributed by atoms with van der Waals surface area (Å²) in [5.74, 6) is 0.163. The Kier molecular flexibility index (Phi) is 4.49. The highest BCUT2D eigenvalue weighted by molar-refractivity contribution is 7.19. The second-order valence-electron chi connectivity index (χ2n) is 4.81. The van der Waals surface area contributed by atoms with Crippen LogP contribution < -0.4 is 21.7 Å². The average molecular weight is 296 g/mol. The molecule has 6 nitrogen and oxygen atoms in total. The minimum atomic E-state index is -0.271. The first-order valence-electron chi connectivity index (χ1n) is 6.74. The second kappa shape index (κ2) is 6.13. The molecule has 0 aliphatic heterocycles. The van der Waals surface area contributed by atoms with E-state index in [0.29, 0.717) is 27.9 Å². The zero-order valence-electron chi connectivity index (χ0n) is 11.7. The highest BCUT2D eigenvalue weighted by Crippen LogP contribution is 2.37. The summed E-state index contributed by atoms with van der Waals surface area (Å²) in [6.45, 7) is 3.18. The number of rotatable bonds is 6. The van der Waals surface area contributed by atoms with Crippen molar-refractivity contribution in [2.75, 3.05) is 31.2 Å². The van der Waals surface area contributed by atoms with Crippen molar-refractivity contribution >= 4 is 33.8 Å². The van der Waals surface area contributed by atoms with Gasteiger partial charge in [0, 0.05) is 20.1 Å². The number of carbonyl (C=O) groups excluding carboxylic acids is 2. The van der Waals surface area contributed by atoms with E-state index in [9.17, 15) is 9.59 Å². The third-order valence-corrected chi connectivity index (χ3v) is 4.35. The molecule has 0 atom stereocenters. The number of nitrogens with one attached hydrogen (secondary N) is 3. The van der Waals surface area contributed by atoms with E-state index in [2.05, 4.69) is 16.0 Å². The van der Waals surface area contributed by atoms with E-state index in [0.717, 1.165) is 6.54 Å². The Morgan fingerprint density at radius 3 is 2.60 bits per heavy atom. The molecule has 0 bridgehead atoms. The summed E-state index contributed by atoms with van der Waals surface area (Å²) in [6.07, 6.45) is 2.43. The van der Waals surface area contributed by atoms with E-state index in [1.54, 1.807) is 7.05 Å². The molecule has 0 saturated heterocycles. The van der Waals surface area contributed by atoms with Gasteiger partial charge in [0.15, 0.2) is 0 Å². The maximum atomic E-state index is 12.0. The standard InChI is InChI=1S/C13H20N4O2S/c1-3-16-12(19)10-9(14)8(11(18)15-2)13(20-10)17-6-7-4-5-7/h7,17H,3-6,14H2,1-2H3,(H,15,18)(H,16,19). The van der Waals surface area contributed by atoms with Crippen molar-refractivity contribution in [1.29, 1.82) is 0 Å². The number of thiophene rings is 1. The first-order chi connectivity index (χ1) is 9.58. The molecule has 0 unspecified atom stereocenters. The molecule has 2 amide bonds. The van der Waals surface area contributed by atoms with Crippen molar-refractivity contribution < 1.29 is 9.59 Å². The number of nitrogens with two attached hydrogens (primary N) is 1. The Bertz CT molecular complexity index is 523. The molecule has 1 aliphatic rings. The lowest BCUT2D eigenvalue weighted by molar-refractivity contribution is 0.0959. The van der Waals surface area contributed by atoms with Gasteiger partial charge >= 0.3 is 0 Å². The smallest absolute Gasteiger partial charge is 0.263 e. The van der Waals surface area contributed by atoms with Crippen molar-refractivity contribution in [3.05, 3.63) is 10.4 Å². The number of anilines is 2. The summed E-state index contributed by atoms with van der Waals surface area (Å²) in [5, 5.41) is 9.20. The number of hydrogen-bond acceptors (Lipinski definition) is 5. The zero-order valence-corrected chi connectivity index (χ0v) is 12.5. The van der Waals surface area contributed by atoms with Crippen LogP contribution in [0.1, 0.15) is 39.8 Å². The summed E-state index contributed by atoms with van der Waals surface area (Å²) in [6, 6.07) is 0. The van der Waals surface area contributed by atoms with Crippen LogP contribution in [0, 0.1) is 5.92 Å². The van der Waals surface area contributed by atoms with Crippen molar-refractivity contribution in [3.63, 3.8) is 0 Å². The summed E-state index contributed by atoms with van der Waals surface area (Å²) < 4.78 is 0. The van der Waals surface area contributed by atoms with E-state index in [4.69, 9.17) is 5.73 Å². The first-order valence-corrected chi connectivity index (χ1v) is 7.56. The predicted molar refractivity (Wildman–Crippen MR) is 81.3 cm³/mol. The quantitative estimate of drug-likeness (QED) is 0.635. The minimum Gasteiger partial charge on any atom is -0.397 e.